The molecule has 5 nitrogen and oxygen atoms in total. The highest BCUT2D eigenvalue weighted by molar-refractivity contribution is 7.92. The maximum Gasteiger partial charge on any atom is 0.264 e. The quantitative estimate of drug-likeness (QED) is 0.719. The molecule has 1 aliphatic heterocycles. The molecule has 0 N–H and O–H groups in total. The molecule has 1 aliphatic rings. The van der Waals surface area contributed by atoms with Crippen molar-refractivity contribution in [3.63, 3.8) is 0 Å². The van der Waals surface area contributed by atoms with E-state index in [9.17, 15) is 13.2 Å². The van der Waals surface area contributed by atoms with Gasteiger partial charge in [-0.15, -0.1) is 0 Å². The van der Waals surface area contributed by atoms with Crippen LogP contribution in [0.1, 0.15) is 19.3 Å². The highest BCUT2D eigenvalue weighted by Gasteiger charge is 2.31. The van der Waals surface area contributed by atoms with Crippen molar-refractivity contribution in [3.05, 3.63) is 58.6 Å². The molecule has 27 heavy (non-hydrogen) atoms. The largest absolute Gasteiger partial charge is 0.341 e. The van der Waals surface area contributed by atoms with Crippen LogP contribution in [-0.2, 0) is 14.8 Å². The van der Waals surface area contributed by atoms with Crippen molar-refractivity contribution in [3.8, 4) is 0 Å². The minimum Gasteiger partial charge on any atom is -0.341 e. The van der Waals surface area contributed by atoms with Gasteiger partial charge < -0.3 is 4.90 Å². The number of carbonyl (C=O) groups is 1. The molecule has 3 rings (SSSR count). The number of amides is 1. The van der Waals surface area contributed by atoms with Crippen LogP contribution in [0.15, 0.2) is 53.4 Å². The Morgan fingerprint density at radius 3 is 2.30 bits per heavy atom. The first-order chi connectivity index (χ1) is 12.9. The SMILES string of the molecule is O=C(CN(c1cccc(Cl)c1Cl)S(=O)(=O)c1ccccc1)N1CCCCC1. The van der Waals surface area contributed by atoms with Crippen LogP contribution in [0.25, 0.3) is 0 Å². The van der Waals surface area contributed by atoms with E-state index in [2.05, 4.69) is 0 Å². The summed E-state index contributed by atoms with van der Waals surface area (Å²) in [6.45, 7) is 0.958. The van der Waals surface area contributed by atoms with Crippen molar-refractivity contribution in [2.24, 2.45) is 0 Å². The third-order valence-corrected chi connectivity index (χ3v) is 7.10. The molecule has 144 valence electrons. The summed E-state index contributed by atoms with van der Waals surface area (Å²) in [5, 5.41) is 0.331. The number of hydrogen-bond acceptors (Lipinski definition) is 3. The Kier molecular flexibility index (Phi) is 6.29. The van der Waals surface area contributed by atoms with E-state index in [1.165, 1.54) is 12.1 Å². The highest BCUT2D eigenvalue weighted by atomic mass is 35.5. The first-order valence-corrected chi connectivity index (χ1v) is 10.9. The average molecular weight is 427 g/mol. The molecule has 0 aromatic heterocycles. The highest BCUT2D eigenvalue weighted by Crippen LogP contribution is 2.35. The van der Waals surface area contributed by atoms with Gasteiger partial charge in [0.2, 0.25) is 5.91 Å². The zero-order valence-electron chi connectivity index (χ0n) is 14.6. The molecular weight excluding hydrogens is 407 g/mol. The second-order valence-electron chi connectivity index (χ2n) is 6.34. The first-order valence-electron chi connectivity index (χ1n) is 8.71. The summed E-state index contributed by atoms with van der Waals surface area (Å²) in [6.07, 6.45) is 2.93. The summed E-state index contributed by atoms with van der Waals surface area (Å²) in [7, 11) is -3.98. The third-order valence-electron chi connectivity index (χ3n) is 4.52. The number of piperidine rings is 1. The number of hydrogen-bond donors (Lipinski definition) is 0. The molecule has 0 saturated carbocycles. The third kappa shape index (κ3) is 4.39. The molecule has 1 fully saturated rings. The number of carbonyl (C=O) groups excluding carboxylic acids is 1. The van der Waals surface area contributed by atoms with Gasteiger partial charge in [0.05, 0.1) is 20.6 Å². The van der Waals surface area contributed by atoms with E-state index in [0.29, 0.717) is 13.1 Å². The van der Waals surface area contributed by atoms with Crippen molar-refractivity contribution in [2.75, 3.05) is 23.9 Å². The Bertz CT molecular complexity index is 914. The molecule has 8 heteroatoms. The van der Waals surface area contributed by atoms with Gasteiger partial charge in [0.25, 0.3) is 10.0 Å². The molecular formula is C19H20Cl2N2O3S. The van der Waals surface area contributed by atoms with Gasteiger partial charge in [0.15, 0.2) is 0 Å². The molecule has 0 aliphatic carbocycles. The van der Waals surface area contributed by atoms with Gasteiger partial charge in [-0.1, -0.05) is 47.5 Å². The second kappa shape index (κ2) is 8.50. The lowest BCUT2D eigenvalue weighted by Crippen LogP contribution is -2.45. The number of benzene rings is 2. The molecule has 2 aromatic carbocycles. The molecule has 2 aromatic rings. The lowest BCUT2D eigenvalue weighted by atomic mass is 10.1. The minimum absolute atomic E-state index is 0.0903. The average Bonchev–Trinajstić information content (AvgIpc) is 2.69. The predicted octanol–water partition coefficient (Wildman–Crippen LogP) is 4.20. The Morgan fingerprint density at radius 2 is 1.63 bits per heavy atom. The molecule has 0 bridgehead atoms. The van der Waals surface area contributed by atoms with Crippen LogP contribution in [0.5, 0.6) is 0 Å². The normalized spacial score (nSPS) is 14.8. The molecule has 0 radical (unpaired) electrons. The topological polar surface area (TPSA) is 57.7 Å². The maximum atomic E-state index is 13.3. The second-order valence-corrected chi connectivity index (χ2v) is 8.99. The number of anilines is 1. The monoisotopic (exact) mass is 426 g/mol. The Labute approximate surface area is 169 Å². The Hall–Kier alpha value is -1.76. The smallest absolute Gasteiger partial charge is 0.264 e. The maximum absolute atomic E-state index is 13.3. The zero-order chi connectivity index (χ0) is 19.4. The van der Waals surface area contributed by atoms with Gasteiger partial charge in [-0.2, -0.15) is 0 Å². The molecule has 0 spiro atoms. The van der Waals surface area contributed by atoms with E-state index in [4.69, 9.17) is 23.2 Å². The summed E-state index contributed by atoms with van der Waals surface area (Å²) in [6, 6.07) is 12.7. The van der Waals surface area contributed by atoms with E-state index in [1.807, 2.05) is 0 Å². The standard InChI is InChI=1S/C19H20Cl2N2O3S/c20-16-10-7-11-17(19(16)21)23(14-18(24)22-12-5-2-6-13-22)27(25,26)15-8-3-1-4-9-15/h1,3-4,7-11H,2,5-6,12-14H2. The molecule has 1 heterocycles. The van der Waals surface area contributed by atoms with E-state index in [0.717, 1.165) is 23.6 Å². The number of halogens is 2. The summed E-state index contributed by atoms with van der Waals surface area (Å²) < 4.78 is 27.6. The van der Waals surface area contributed by atoms with Crippen molar-refractivity contribution in [1.82, 2.24) is 4.90 Å². The van der Waals surface area contributed by atoms with Crippen molar-refractivity contribution >= 4 is 44.8 Å². The number of likely N-dealkylation sites (tertiary alicyclic amines) is 1. The number of rotatable bonds is 5. The number of sulfonamides is 1. The van der Waals surface area contributed by atoms with Crippen LogP contribution in [0, 0.1) is 0 Å². The Morgan fingerprint density at radius 1 is 0.963 bits per heavy atom. The van der Waals surface area contributed by atoms with E-state index >= 15 is 0 Å². The lowest BCUT2D eigenvalue weighted by Gasteiger charge is -2.31. The van der Waals surface area contributed by atoms with Gasteiger partial charge in [-0.05, 0) is 43.5 Å². The molecule has 1 saturated heterocycles. The molecule has 0 atom stereocenters. The Balaban J connectivity index is 2.01. The van der Waals surface area contributed by atoms with Crippen molar-refractivity contribution in [1.29, 1.82) is 0 Å². The van der Waals surface area contributed by atoms with Crippen molar-refractivity contribution < 1.29 is 13.2 Å². The van der Waals surface area contributed by atoms with Gasteiger partial charge in [0.1, 0.15) is 6.54 Å². The van der Waals surface area contributed by atoms with Crippen molar-refractivity contribution in [2.45, 2.75) is 24.2 Å². The summed E-state index contributed by atoms with van der Waals surface area (Å²) >= 11 is 12.4. The van der Waals surface area contributed by atoms with Gasteiger partial charge in [-0.25, -0.2) is 8.42 Å². The van der Waals surface area contributed by atoms with Crippen LogP contribution in [0.3, 0.4) is 0 Å². The van der Waals surface area contributed by atoms with E-state index < -0.39 is 10.0 Å². The molecule has 1 amide bonds. The first kappa shape index (κ1) is 20.0. The summed E-state index contributed by atoms with van der Waals surface area (Å²) in [4.78, 5) is 14.6. The van der Waals surface area contributed by atoms with E-state index in [1.54, 1.807) is 41.3 Å². The molecule has 0 unspecified atom stereocenters. The van der Waals surface area contributed by atoms with Gasteiger partial charge in [0, 0.05) is 13.1 Å². The fourth-order valence-corrected chi connectivity index (χ4v) is 4.97. The van der Waals surface area contributed by atoms with E-state index in [-0.39, 0.29) is 33.1 Å². The van der Waals surface area contributed by atoms with Gasteiger partial charge >= 0.3 is 0 Å². The fraction of sp³-hybridized carbons (Fsp3) is 0.316. The fourth-order valence-electron chi connectivity index (χ4n) is 3.07. The van der Waals surface area contributed by atoms with Crippen LogP contribution < -0.4 is 4.31 Å². The van der Waals surface area contributed by atoms with Crippen LogP contribution in [0.4, 0.5) is 5.69 Å². The van der Waals surface area contributed by atoms with Crippen LogP contribution >= 0.6 is 23.2 Å². The zero-order valence-corrected chi connectivity index (χ0v) is 17.0. The van der Waals surface area contributed by atoms with Gasteiger partial charge in [-0.3, -0.25) is 9.10 Å². The van der Waals surface area contributed by atoms with Crippen LogP contribution in [-0.4, -0.2) is 38.9 Å². The summed E-state index contributed by atoms with van der Waals surface area (Å²) in [5.74, 6) is -0.245. The van der Waals surface area contributed by atoms with Crippen LogP contribution in [0.2, 0.25) is 10.0 Å². The summed E-state index contributed by atoms with van der Waals surface area (Å²) in [5.41, 5.74) is 0.193. The number of nitrogens with zero attached hydrogens (tertiary/aromatic N) is 2. The minimum atomic E-state index is -3.98. The lowest BCUT2D eigenvalue weighted by molar-refractivity contribution is -0.130. The predicted molar refractivity (Wildman–Crippen MR) is 108 cm³/mol.